The zero-order valence-electron chi connectivity index (χ0n) is 14.2. The fourth-order valence-electron chi connectivity index (χ4n) is 2.55. The number of aliphatic carboxylic acids is 1. The van der Waals surface area contributed by atoms with Crippen molar-refractivity contribution < 1.29 is 19.4 Å². The summed E-state index contributed by atoms with van der Waals surface area (Å²) in [7, 11) is 0. The summed E-state index contributed by atoms with van der Waals surface area (Å²) >= 11 is 0. The fraction of sp³-hybridized carbons (Fsp3) is 0.136. The number of benzene rings is 3. The van der Waals surface area contributed by atoms with Crippen LogP contribution in [-0.2, 0) is 11.4 Å². The fourth-order valence-corrected chi connectivity index (χ4v) is 2.55. The quantitative estimate of drug-likeness (QED) is 0.651. The third kappa shape index (κ3) is 4.86. The number of carbonyl (C=O) groups is 1. The van der Waals surface area contributed by atoms with Gasteiger partial charge in [-0.05, 0) is 35.4 Å². The van der Waals surface area contributed by atoms with E-state index in [1.54, 1.807) is 24.3 Å². The van der Waals surface area contributed by atoms with Gasteiger partial charge in [-0.15, -0.1) is 0 Å². The van der Waals surface area contributed by atoms with Gasteiger partial charge in [0.15, 0.2) is 0 Å². The van der Waals surface area contributed by atoms with Crippen LogP contribution in [0.2, 0.25) is 0 Å². The van der Waals surface area contributed by atoms with Crippen molar-refractivity contribution in [3.05, 3.63) is 96.1 Å². The lowest BCUT2D eigenvalue weighted by molar-refractivity contribution is -0.139. The highest BCUT2D eigenvalue weighted by Gasteiger charge is 2.20. The molecular formula is C22H20O4. The van der Waals surface area contributed by atoms with Gasteiger partial charge >= 0.3 is 5.97 Å². The summed E-state index contributed by atoms with van der Waals surface area (Å²) in [5, 5.41) is 9.43. The monoisotopic (exact) mass is 348 g/mol. The number of carboxylic acids is 1. The molecule has 4 nitrogen and oxygen atoms in total. The zero-order chi connectivity index (χ0) is 18.2. The highest BCUT2D eigenvalue weighted by molar-refractivity contribution is 5.76. The maximum absolute atomic E-state index is 11.5. The molecule has 1 N–H and O–H groups in total. The summed E-state index contributed by atoms with van der Waals surface area (Å²) in [6, 6.07) is 26.2. The van der Waals surface area contributed by atoms with E-state index in [1.807, 2.05) is 60.7 Å². The Morgan fingerprint density at radius 1 is 0.769 bits per heavy atom. The summed E-state index contributed by atoms with van der Waals surface area (Å²) in [6.07, 6.45) is 0. The Balaban J connectivity index is 1.56. The summed E-state index contributed by atoms with van der Waals surface area (Å²) in [5.41, 5.74) is 1.82. The second-order valence-electron chi connectivity index (χ2n) is 5.86. The van der Waals surface area contributed by atoms with Crippen LogP contribution in [0.5, 0.6) is 11.5 Å². The Morgan fingerprint density at radius 3 is 1.88 bits per heavy atom. The summed E-state index contributed by atoms with van der Waals surface area (Å²) < 4.78 is 11.4. The highest BCUT2D eigenvalue weighted by Crippen LogP contribution is 2.22. The van der Waals surface area contributed by atoms with Gasteiger partial charge in [-0.3, -0.25) is 4.79 Å². The van der Waals surface area contributed by atoms with E-state index in [2.05, 4.69) is 0 Å². The van der Waals surface area contributed by atoms with Gasteiger partial charge in [0.25, 0.3) is 0 Å². The number of carboxylic acid groups (broad SMARTS) is 1. The van der Waals surface area contributed by atoms with E-state index in [0.29, 0.717) is 12.4 Å². The predicted molar refractivity (Wildman–Crippen MR) is 99.5 cm³/mol. The van der Waals surface area contributed by atoms with Crippen LogP contribution >= 0.6 is 0 Å². The Bertz CT molecular complexity index is 814. The largest absolute Gasteiger partial charge is 0.492 e. The molecule has 3 rings (SSSR count). The molecule has 4 heteroatoms. The topological polar surface area (TPSA) is 55.8 Å². The molecule has 0 heterocycles. The van der Waals surface area contributed by atoms with E-state index in [-0.39, 0.29) is 6.61 Å². The summed E-state index contributed by atoms with van der Waals surface area (Å²) in [4.78, 5) is 11.5. The minimum Gasteiger partial charge on any atom is -0.492 e. The minimum absolute atomic E-state index is 0.0730. The number of hydrogen-bond acceptors (Lipinski definition) is 3. The van der Waals surface area contributed by atoms with E-state index in [4.69, 9.17) is 9.47 Å². The smallest absolute Gasteiger partial charge is 0.314 e. The van der Waals surface area contributed by atoms with Crippen molar-refractivity contribution in [2.24, 2.45) is 0 Å². The van der Waals surface area contributed by atoms with Crippen LogP contribution in [0, 0.1) is 0 Å². The normalized spacial score (nSPS) is 11.5. The molecule has 0 saturated carbocycles. The molecular weight excluding hydrogens is 328 g/mol. The third-order valence-electron chi connectivity index (χ3n) is 3.99. The molecule has 132 valence electrons. The van der Waals surface area contributed by atoms with Crippen molar-refractivity contribution in [2.45, 2.75) is 12.5 Å². The molecule has 0 fully saturated rings. The molecule has 0 radical (unpaired) electrons. The average molecular weight is 348 g/mol. The third-order valence-corrected chi connectivity index (χ3v) is 3.99. The lowest BCUT2D eigenvalue weighted by Gasteiger charge is -2.14. The van der Waals surface area contributed by atoms with Gasteiger partial charge in [0.1, 0.15) is 30.6 Å². The average Bonchev–Trinajstić information content (AvgIpc) is 2.69. The van der Waals surface area contributed by atoms with Gasteiger partial charge in [-0.1, -0.05) is 60.7 Å². The summed E-state index contributed by atoms with van der Waals surface area (Å²) in [6.45, 7) is 0.569. The first-order chi connectivity index (χ1) is 12.7. The van der Waals surface area contributed by atoms with Crippen LogP contribution in [0.4, 0.5) is 0 Å². The maximum atomic E-state index is 11.5. The second kappa shape index (κ2) is 8.72. The molecule has 26 heavy (non-hydrogen) atoms. The molecule has 0 aliphatic carbocycles. The van der Waals surface area contributed by atoms with Gasteiger partial charge in [0.2, 0.25) is 0 Å². The van der Waals surface area contributed by atoms with Crippen LogP contribution in [0.15, 0.2) is 84.9 Å². The molecule has 0 aliphatic heterocycles. The minimum atomic E-state index is -0.904. The lowest BCUT2D eigenvalue weighted by Crippen LogP contribution is -2.19. The van der Waals surface area contributed by atoms with Crippen LogP contribution in [0.25, 0.3) is 0 Å². The van der Waals surface area contributed by atoms with Crippen LogP contribution in [-0.4, -0.2) is 17.7 Å². The van der Waals surface area contributed by atoms with E-state index < -0.39 is 11.9 Å². The van der Waals surface area contributed by atoms with Crippen LogP contribution in [0.1, 0.15) is 17.0 Å². The van der Waals surface area contributed by atoms with Gasteiger partial charge in [0, 0.05) is 0 Å². The van der Waals surface area contributed by atoms with Gasteiger partial charge in [0.05, 0.1) is 0 Å². The molecule has 0 amide bonds. The standard InChI is InChI=1S/C22H20O4/c23-22(24)21(18-9-5-2-6-10-18)16-26-20-13-11-19(12-14-20)25-15-17-7-3-1-4-8-17/h1-14,21H,15-16H2,(H,23,24). The van der Waals surface area contributed by atoms with Crippen molar-refractivity contribution in [3.63, 3.8) is 0 Å². The molecule has 0 saturated heterocycles. The van der Waals surface area contributed by atoms with Crippen molar-refractivity contribution in [2.75, 3.05) is 6.61 Å². The van der Waals surface area contributed by atoms with Crippen LogP contribution < -0.4 is 9.47 Å². The molecule has 0 bridgehead atoms. The number of rotatable bonds is 8. The van der Waals surface area contributed by atoms with Gasteiger partial charge in [-0.25, -0.2) is 0 Å². The lowest BCUT2D eigenvalue weighted by atomic mass is 10.0. The van der Waals surface area contributed by atoms with E-state index in [9.17, 15) is 9.90 Å². The molecule has 3 aromatic carbocycles. The van der Waals surface area contributed by atoms with Crippen molar-refractivity contribution in [3.8, 4) is 11.5 Å². The maximum Gasteiger partial charge on any atom is 0.314 e. The van der Waals surface area contributed by atoms with Gasteiger partial charge < -0.3 is 14.6 Å². The van der Waals surface area contributed by atoms with Crippen LogP contribution in [0.3, 0.4) is 0 Å². The molecule has 0 aromatic heterocycles. The van der Waals surface area contributed by atoms with E-state index in [1.165, 1.54) is 0 Å². The zero-order valence-corrected chi connectivity index (χ0v) is 14.2. The Morgan fingerprint density at radius 2 is 1.31 bits per heavy atom. The Hall–Kier alpha value is -3.27. The van der Waals surface area contributed by atoms with Gasteiger partial charge in [-0.2, -0.15) is 0 Å². The predicted octanol–water partition coefficient (Wildman–Crippen LogP) is 4.51. The first kappa shape index (κ1) is 17.5. The first-order valence-corrected chi connectivity index (χ1v) is 8.40. The van der Waals surface area contributed by atoms with Crippen molar-refractivity contribution in [1.82, 2.24) is 0 Å². The second-order valence-corrected chi connectivity index (χ2v) is 5.86. The SMILES string of the molecule is O=C(O)C(COc1ccc(OCc2ccccc2)cc1)c1ccccc1. The first-order valence-electron chi connectivity index (χ1n) is 8.40. The Labute approximate surface area is 152 Å². The number of ether oxygens (including phenoxy) is 2. The van der Waals surface area contributed by atoms with E-state index >= 15 is 0 Å². The van der Waals surface area contributed by atoms with Crippen molar-refractivity contribution in [1.29, 1.82) is 0 Å². The van der Waals surface area contributed by atoms with Crippen molar-refractivity contribution >= 4 is 5.97 Å². The van der Waals surface area contributed by atoms with E-state index in [0.717, 1.165) is 16.9 Å². The number of hydrogen-bond donors (Lipinski definition) is 1. The molecule has 0 aliphatic rings. The highest BCUT2D eigenvalue weighted by atomic mass is 16.5. The molecule has 3 aromatic rings. The molecule has 0 spiro atoms. The molecule has 1 atom stereocenters. The Kier molecular flexibility index (Phi) is 5.88. The molecule has 1 unspecified atom stereocenters. The summed E-state index contributed by atoms with van der Waals surface area (Å²) in [5.74, 6) is -0.262.